The molecule has 10 nitrogen and oxygen atoms in total. The monoisotopic (exact) mass is 512 g/mol. The van der Waals surface area contributed by atoms with Crippen molar-refractivity contribution in [3.8, 4) is 6.07 Å². The number of esters is 1. The topological polar surface area (TPSA) is 133 Å². The van der Waals surface area contributed by atoms with Crippen LogP contribution in [0.1, 0.15) is 36.6 Å². The van der Waals surface area contributed by atoms with E-state index in [0.717, 1.165) is 23.8 Å². The standard InChI is InChI=1S/C24H19F3N6O4/c1-12-19(21(35)37-3)20(17-8-7-14(11-28)9-18(17)29-13(2)34)33-22(30-31-23(33)36)32(12)16-6-4-5-15(10-16)24(25,26)27/h4-10,20H,1-3H3,(H,29,34)(H,31,36). The first-order valence-corrected chi connectivity index (χ1v) is 10.7. The minimum Gasteiger partial charge on any atom is -0.466 e. The predicted octanol–water partition coefficient (Wildman–Crippen LogP) is 3.61. The number of fused-ring (bicyclic) bond motifs is 1. The second-order valence-corrected chi connectivity index (χ2v) is 8.07. The lowest BCUT2D eigenvalue weighted by atomic mass is 9.92. The second kappa shape index (κ2) is 9.30. The number of rotatable bonds is 4. The number of halogens is 3. The largest absolute Gasteiger partial charge is 0.466 e. The average Bonchev–Trinajstić information content (AvgIpc) is 3.22. The molecule has 13 heteroatoms. The van der Waals surface area contributed by atoms with Crippen LogP contribution in [0, 0.1) is 11.3 Å². The number of hydrogen-bond acceptors (Lipinski definition) is 7. The summed E-state index contributed by atoms with van der Waals surface area (Å²) in [5.74, 6) is -1.44. The maximum absolute atomic E-state index is 13.4. The molecule has 0 saturated heterocycles. The van der Waals surface area contributed by atoms with E-state index < -0.39 is 35.3 Å². The Kier molecular flexibility index (Phi) is 6.35. The Morgan fingerprint density at radius 1 is 1.22 bits per heavy atom. The molecule has 1 aliphatic rings. The van der Waals surface area contributed by atoms with Gasteiger partial charge < -0.3 is 10.1 Å². The van der Waals surface area contributed by atoms with Gasteiger partial charge in [-0.25, -0.2) is 19.3 Å². The van der Waals surface area contributed by atoms with Crippen molar-refractivity contribution in [3.05, 3.63) is 80.9 Å². The van der Waals surface area contributed by atoms with Crippen molar-refractivity contribution in [1.82, 2.24) is 14.8 Å². The van der Waals surface area contributed by atoms with E-state index in [1.165, 1.54) is 49.1 Å². The maximum atomic E-state index is 13.4. The lowest BCUT2D eigenvalue weighted by Gasteiger charge is -2.36. The van der Waals surface area contributed by atoms with Crippen molar-refractivity contribution >= 4 is 29.2 Å². The third kappa shape index (κ3) is 4.44. The second-order valence-electron chi connectivity index (χ2n) is 8.07. The van der Waals surface area contributed by atoms with E-state index in [9.17, 15) is 32.8 Å². The first-order valence-electron chi connectivity index (χ1n) is 10.7. The number of nitriles is 1. The SMILES string of the molecule is COC(=O)C1=C(C)N(c2cccc(C(F)(F)F)c2)c2n[nH]c(=O)n2C1c1ccc(C#N)cc1NC(C)=O. The molecule has 2 N–H and O–H groups in total. The van der Waals surface area contributed by atoms with Gasteiger partial charge >= 0.3 is 17.8 Å². The van der Waals surface area contributed by atoms with Gasteiger partial charge in [-0.2, -0.15) is 18.4 Å². The van der Waals surface area contributed by atoms with Crippen LogP contribution in [0.15, 0.2) is 58.5 Å². The Morgan fingerprint density at radius 3 is 2.57 bits per heavy atom. The number of methoxy groups -OCH3 is 1. The number of amides is 1. The van der Waals surface area contributed by atoms with Gasteiger partial charge in [-0.3, -0.25) is 9.69 Å². The summed E-state index contributed by atoms with van der Waals surface area (Å²) in [6.45, 7) is 2.72. The van der Waals surface area contributed by atoms with Crippen LogP contribution >= 0.6 is 0 Å². The van der Waals surface area contributed by atoms with Crippen molar-refractivity contribution in [2.75, 3.05) is 17.3 Å². The number of carbonyl (C=O) groups is 2. The summed E-state index contributed by atoms with van der Waals surface area (Å²) >= 11 is 0. The third-order valence-corrected chi connectivity index (χ3v) is 5.77. The number of nitrogens with one attached hydrogen (secondary N) is 2. The molecule has 190 valence electrons. The van der Waals surface area contributed by atoms with Crippen LogP contribution in [0.3, 0.4) is 0 Å². The number of ether oxygens (including phenoxy) is 1. The third-order valence-electron chi connectivity index (χ3n) is 5.77. The molecule has 1 aromatic heterocycles. The van der Waals surface area contributed by atoms with Gasteiger partial charge in [0.25, 0.3) is 0 Å². The molecule has 1 aliphatic heterocycles. The molecule has 0 spiro atoms. The molecule has 2 aromatic carbocycles. The molecular weight excluding hydrogens is 493 g/mol. The number of anilines is 3. The van der Waals surface area contributed by atoms with Crippen molar-refractivity contribution in [1.29, 1.82) is 5.26 Å². The van der Waals surface area contributed by atoms with E-state index >= 15 is 0 Å². The summed E-state index contributed by atoms with van der Waals surface area (Å²) in [6.07, 6.45) is -4.64. The molecular formula is C24H19F3N6O4. The number of benzene rings is 2. The van der Waals surface area contributed by atoms with Crippen molar-refractivity contribution < 1.29 is 27.5 Å². The molecule has 4 rings (SSSR count). The lowest BCUT2D eigenvalue weighted by molar-refractivity contribution is -0.138. The number of carbonyl (C=O) groups excluding carboxylic acids is 2. The molecule has 2 heterocycles. The van der Waals surface area contributed by atoms with Gasteiger partial charge in [0.1, 0.15) is 6.04 Å². The van der Waals surface area contributed by atoms with Gasteiger partial charge in [0, 0.05) is 29.6 Å². The summed E-state index contributed by atoms with van der Waals surface area (Å²) in [5, 5.41) is 18.2. The number of nitrogens with zero attached hydrogens (tertiary/aromatic N) is 4. The van der Waals surface area contributed by atoms with E-state index in [1.807, 2.05) is 6.07 Å². The number of aromatic nitrogens is 3. The highest BCUT2D eigenvalue weighted by atomic mass is 19.4. The van der Waals surface area contributed by atoms with Gasteiger partial charge in [-0.05, 0) is 37.3 Å². The Balaban J connectivity index is 2.04. The van der Waals surface area contributed by atoms with Crippen molar-refractivity contribution in [2.24, 2.45) is 0 Å². The Morgan fingerprint density at radius 2 is 1.95 bits per heavy atom. The average molecular weight is 512 g/mol. The molecule has 0 saturated carbocycles. The minimum atomic E-state index is -4.64. The van der Waals surface area contributed by atoms with E-state index in [1.54, 1.807) is 0 Å². The van der Waals surface area contributed by atoms with Crippen LogP contribution in [0.2, 0.25) is 0 Å². The fraction of sp³-hybridized carbons (Fsp3) is 0.208. The van der Waals surface area contributed by atoms with Crippen LogP contribution in [-0.2, 0) is 20.5 Å². The molecule has 1 amide bonds. The zero-order valence-electron chi connectivity index (χ0n) is 19.7. The maximum Gasteiger partial charge on any atom is 0.416 e. The number of allylic oxidation sites excluding steroid dienone is 1. The summed E-state index contributed by atoms with van der Waals surface area (Å²) in [4.78, 5) is 39.2. The molecule has 0 fully saturated rings. The molecule has 37 heavy (non-hydrogen) atoms. The summed E-state index contributed by atoms with van der Waals surface area (Å²) in [7, 11) is 1.12. The molecule has 0 aliphatic carbocycles. The summed E-state index contributed by atoms with van der Waals surface area (Å²) in [6, 6.07) is 9.37. The molecule has 3 aromatic rings. The van der Waals surface area contributed by atoms with E-state index in [0.29, 0.717) is 0 Å². The smallest absolute Gasteiger partial charge is 0.416 e. The number of hydrogen-bond donors (Lipinski definition) is 2. The highest BCUT2D eigenvalue weighted by Crippen LogP contribution is 2.44. The van der Waals surface area contributed by atoms with Gasteiger partial charge in [0.15, 0.2) is 0 Å². The van der Waals surface area contributed by atoms with Crippen molar-refractivity contribution in [3.63, 3.8) is 0 Å². The van der Waals surface area contributed by atoms with Crippen LogP contribution in [0.25, 0.3) is 0 Å². The van der Waals surface area contributed by atoms with Gasteiger partial charge in [-0.15, -0.1) is 5.10 Å². The highest BCUT2D eigenvalue weighted by Gasteiger charge is 2.41. The Labute approximate surface area is 207 Å². The predicted molar refractivity (Wildman–Crippen MR) is 125 cm³/mol. The number of alkyl halides is 3. The van der Waals surface area contributed by atoms with Crippen LogP contribution in [-0.4, -0.2) is 33.8 Å². The molecule has 0 bridgehead atoms. The van der Waals surface area contributed by atoms with E-state index in [2.05, 4.69) is 15.5 Å². The highest BCUT2D eigenvalue weighted by molar-refractivity contribution is 5.95. The fourth-order valence-electron chi connectivity index (χ4n) is 4.24. The van der Waals surface area contributed by atoms with Gasteiger partial charge in [0.05, 0.1) is 29.9 Å². The summed E-state index contributed by atoms with van der Waals surface area (Å²) < 4.78 is 46.4. The van der Waals surface area contributed by atoms with E-state index in [-0.39, 0.29) is 39.7 Å². The molecule has 1 atom stereocenters. The zero-order chi connectivity index (χ0) is 27.1. The van der Waals surface area contributed by atoms with E-state index in [4.69, 9.17) is 4.74 Å². The molecule has 0 radical (unpaired) electrons. The zero-order valence-corrected chi connectivity index (χ0v) is 19.7. The normalized spacial score (nSPS) is 15.2. The Bertz CT molecular complexity index is 1550. The van der Waals surface area contributed by atoms with Crippen LogP contribution in [0.5, 0.6) is 0 Å². The van der Waals surface area contributed by atoms with Gasteiger partial charge in [0.2, 0.25) is 11.9 Å². The molecule has 1 unspecified atom stereocenters. The fourth-order valence-corrected chi connectivity index (χ4v) is 4.24. The van der Waals surface area contributed by atoms with Gasteiger partial charge in [-0.1, -0.05) is 12.1 Å². The first kappa shape index (κ1) is 25.2. The van der Waals surface area contributed by atoms with Crippen molar-refractivity contribution in [2.45, 2.75) is 26.1 Å². The minimum absolute atomic E-state index is 0.00524. The quantitative estimate of drug-likeness (QED) is 0.510. The Hall–Kier alpha value is -4.86. The summed E-state index contributed by atoms with van der Waals surface area (Å²) in [5.41, 5.74) is -1.07. The first-order chi connectivity index (χ1) is 17.5. The van der Waals surface area contributed by atoms with Crippen LogP contribution < -0.4 is 15.9 Å². The number of aromatic amines is 1. The lowest BCUT2D eigenvalue weighted by Crippen LogP contribution is -2.38. The van der Waals surface area contributed by atoms with Crippen LogP contribution in [0.4, 0.5) is 30.5 Å². The number of H-pyrrole nitrogens is 1.